The van der Waals surface area contributed by atoms with Gasteiger partial charge in [0.25, 0.3) is 5.91 Å². The van der Waals surface area contributed by atoms with Gasteiger partial charge in [-0.3, -0.25) is 19.6 Å². The van der Waals surface area contributed by atoms with Gasteiger partial charge in [-0.2, -0.15) is 5.10 Å². The van der Waals surface area contributed by atoms with Crippen molar-refractivity contribution in [2.45, 2.75) is 97.6 Å². The summed E-state index contributed by atoms with van der Waals surface area (Å²) in [6, 6.07) is 17.4. The van der Waals surface area contributed by atoms with E-state index >= 15 is 0 Å². The second-order valence-electron chi connectivity index (χ2n) is 12.7. The predicted molar refractivity (Wildman–Crippen MR) is 182 cm³/mol. The molecule has 1 unspecified atom stereocenters. The Bertz CT molecular complexity index is 1420. The number of methoxy groups -OCH3 is 1. The van der Waals surface area contributed by atoms with Gasteiger partial charge < -0.3 is 24.6 Å². The predicted octanol–water partition coefficient (Wildman–Crippen LogP) is 6.28. The average Bonchev–Trinajstić information content (AvgIpc) is 3.52. The minimum atomic E-state index is -0.913. The molecular weight excluding hydrogens is 596 g/mol. The van der Waals surface area contributed by atoms with Crippen LogP contribution in [0.1, 0.15) is 94.7 Å². The molecule has 10 nitrogen and oxygen atoms in total. The highest BCUT2D eigenvalue weighted by atomic mass is 16.5. The molecule has 1 fully saturated rings. The van der Waals surface area contributed by atoms with Gasteiger partial charge in [0.1, 0.15) is 24.3 Å². The first-order valence-electron chi connectivity index (χ1n) is 17.0. The van der Waals surface area contributed by atoms with E-state index in [4.69, 9.17) is 19.3 Å². The van der Waals surface area contributed by atoms with E-state index in [-0.39, 0.29) is 55.2 Å². The van der Waals surface area contributed by atoms with E-state index in [0.717, 1.165) is 42.5 Å². The number of aliphatic hydroxyl groups excluding tert-OH is 1. The molecule has 1 heterocycles. The zero-order valence-corrected chi connectivity index (χ0v) is 28.5. The third-order valence-electron chi connectivity index (χ3n) is 9.08. The van der Waals surface area contributed by atoms with Crippen molar-refractivity contribution in [1.82, 2.24) is 20.4 Å². The maximum absolute atomic E-state index is 14.0. The quantitative estimate of drug-likeness (QED) is 0.115. The van der Waals surface area contributed by atoms with Crippen LogP contribution in [0.4, 0.5) is 0 Å². The summed E-state index contributed by atoms with van der Waals surface area (Å²) in [4.78, 5) is 25.7. The van der Waals surface area contributed by atoms with Crippen LogP contribution in [0.15, 0.2) is 54.6 Å². The van der Waals surface area contributed by atoms with Crippen LogP contribution in [-0.2, 0) is 16.1 Å². The van der Waals surface area contributed by atoms with E-state index in [1.807, 2.05) is 59.3 Å². The Balaban J connectivity index is 1.62. The van der Waals surface area contributed by atoms with Crippen LogP contribution < -0.4 is 20.1 Å². The molecule has 47 heavy (non-hydrogen) atoms. The number of hydrogen-bond donors (Lipinski definition) is 3. The van der Waals surface area contributed by atoms with Gasteiger partial charge in [0.15, 0.2) is 5.69 Å². The molecule has 2 aromatic carbocycles. The molecule has 1 saturated carbocycles. The van der Waals surface area contributed by atoms with Gasteiger partial charge >= 0.3 is 5.97 Å². The zero-order valence-electron chi connectivity index (χ0n) is 28.5. The van der Waals surface area contributed by atoms with E-state index in [9.17, 15) is 14.7 Å². The first kappa shape index (κ1) is 36.0. The second kappa shape index (κ2) is 17.9. The first-order valence-corrected chi connectivity index (χ1v) is 17.0. The lowest BCUT2D eigenvalue weighted by atomic mass is 9.88. The minimum absolute atomic E-state index is 0.0626. The van der Waals surface area contributed by atoms with Crippen LogP contribution in [0.5, 0.6) is 11.5 Å². The molecule has 0 spiro atoms. The molecule has 3 atom stereocenters. The standard InChI is InChI=1S/C37H52N4O6/c1-6-46-35(43)20-21-38-34(42)23-29(26(4)25(2)3)39-37(44)30-22-31(41(40-30)28-16-11-8-12-17-28)36-32(45-5)18-13-19-33(36)47-24-27-14-9-7-10-15-27/h7,9-10,13-15,18-19,22,25-26,28-29,34,38,42H,6,8,11-12,16-17,20-21,23-24H2,1-5H3,(H,39,44)/t26-,29+,34?/m0/s1. The van der Waals surface area contributed by atoms with Gasteiger partial charge in [-0.1, -0.05) is 76.4 Å². The number of nitrogens with zero attached hydrogens (tertiary/aromatic N) is 2. The summed E-state index contributed by atoms with van der Waals surface area (Å²) >= 11 is 0. The number of carbonyl (C=O) groups is 2. The first-order chi connectivity index (χ1) is 22.7. The maximum Gasteiger partial charge on any atom is 0.307 e. The summed E-state index contributed by atoms with van der Waals surface area (Å²) in [5.74, 6) is 0.982. The van der Waals surface area contributed by atoms with Crippen molar-refractivity contribution in [2.75, 3.05) is 20.3 Å². The van der Waals surface area contributed by atoms with Crippen LogP contribution in [0.25, 0.3) is 11.3 Å². The van der Waals surface area contributed by atoms with Crippen molar-refractivity contribution in [3.63, 3.8) is 0 Å². The van der Waals surface area contributed by atoms with Gasteiger partial charge in [0.2, 0.25) is 0 Å². The maximum atomic E-state index is 14.0. The summed E-state index contributed by atoms with van der Waals surface area (Å²) in [7, 11) is 1.64. The van der Waals surface area contributed by atoms with Gasteiger partial charge in [0, 0.05) is 19.0 Å². The Kier molecular flexibility index (Phi) is 13.7. The third kappa shape index (κ3) is 10.0. The number of benzene rings is 2. The molecule has 4 rings (SSSR count). The van der Waals surface area contributed by atoms with E-state index in [2.05, 4.69) is 31.4 Å². The van der Waals surface area contributed by atoms with Crippen molar-refractivity contribution in [2.24, 2.45) is 11.8 Å². The monoisotopic (exact) mass is 648 g/mol. The summed E-state index contributed by atoms with van der Waals surface area (Å²) < 4.78 is 19.2. The molecule has 0 bridgehead atoms. The molecule has 0 saturated heterocycles. The molecule has 1 aliphatic carbocycles. The van der Waals surface area contributed by atoms with Crippen LogP contribution in [0, 0.1) is 11.8 Å². The van der Waals surface area contributed by atoms with E-state index in [0.29, 0.717) is 30.4 Å². The Morgan fingerprint density at radius 3 is 2.43 bits per heavy atom. The molecular formula is C37H52N4O6. The summed E-state index contributed by atoms with van der Waals surface area (Å²) in [6.07, 6.45) is 4.85. The SMILES string of the molecule is CCOC(=O)CCNC(O)C[C@@H](NC(=O)c1cc(-c2c(OC)cccc2OCc2ccccc2)n(C2CCCCC2)n1)[C@@H](C)C(C)C. The Labute approximate surface area is 279 Å². The fraction of sp³-hybridized carbons (Fsp3) is 0.541. The number of hydrogen-bond acceptors (Lipinski definition) is 8. The van der Waals surface area contributed by atoms with Crippen LogP contribution in [0.2, 0.25) is 0 Å². The summed E-state index contributed by atoms with van der Waals surface area (Å²) in [6.45, 7) is 9.00. The normalized spacial score (nSPS) is 15.6. The number of rotatable bonds is 17. The van der Waals surface area contributed by atoms with E-state index < -0.39 is 6.23 Å². The van der Waals surface area contributed by atoms with Crippen LogP contribution >= 0.6 is 0 Å². The average molecular weight is 649 g/mol. The van der Waals surface area contributed by atoms with Crippen molar-refractivity contribution in [3.8, 4) is 22.8 Å². The number of amides is 1. The number of nitrogens with one attached hydrogen (secondary N) is 2. The lowest BCUT2D eigenvalue weighted by Gasteiger charge is -2.29. The smallest absolute Gasteiger partial charge is 0.307 e. The number of esters is 1. The summed E-state index contributed by atoms with van der Waals surface area (Å²) in [5, 5.41) is 21.9. The van der Waals surface area contributed by atoms with Crippen molar-refractivity contribution < 1.29 is 28.9 Å². The third-order valence-corrected chi connectivity index (χ3v) is 9.08. The number of ether oxygens (including phenoxy) is 3. The lowest BCUT2D eigenvalue weighted by molar-refractivity contribution is -0.143. The number of carbonyl (C=O) groups excluding carboxylic acids is 2. The second-order valence-corrected chi connectivity index (χ2v) is 12.7. The zero-order chi connectivity index (χ0) is 33.8. The summed E-state index contributed by atoms with van der Waals surface area (Å²) in [5.41, 5.74) is 2.88. The molecule has 0 aliphatic heterocycles. The fourth-order valence-electron chi connectivity index (χ4n) is 6.10. The van der Waals surface area contributed by atoms with Crippen molar-refractivity contribution in [3.05, 3.63) is 65.9 Å². The lowest BCUT2D eigenvalue weighted by Crippen LogP contribution is -2.46. The highest BCUT2D eigenvalue weighted by molar-refractivity contribution is 5.94. The van der Waals surface area contributed by atoms with Crippen LogP contribution in [-0.4, -0.2) is 59.3 Å². The molecule has 1 aromatic heterocycles. The molecule has 256 valence electrons. The van der Waals surface area contributed by atoms with Crippen molar-refractivity contribution >= 4 is 11.9 Å². The Hall–Kier alpha value is -3.89. The topological polar surface area (TPSA) is 124 Å². The highest BCUT2D eigenvalue weighted by Gasteiger charge is 2.30. The van der Waals surface area contributed by atoms with Crippen LogP contribution in [0.3, 0.4) is 0 Å². The van der Waals surface area contributed by atoms with Gasteiger partial charge in [-0.25, -0.2) is 0 Å². The van der Waals surface area contributed by atoms with Gasteiger partial charge in [-0.05, 0) is 55.4 Å². The number of aromatic nitrogens is 2. The highest BCUT2D eigenvalue weighted by Crippen LogP contribution is 2.42. The van der Waals surface area contributed by atoms with E-state index in [1.165, 1.54) is 6.42 Å². The van der Waals surface area contributed by atoms with Gasteiger partial charge in [0.05, 0.1) is 37.4 Å². The largest absolute Gasteiger partial charge is 0.496 e. The van der Waals surface area contributed by atoms with Crippen molar-refractivity contribution in [1.29, 1.82) is 0 Å². The van der Waals surface area contributed by atoms with E-state index in [1.54, 1.807) is 14.0 Å². The molecule has 10 heteroatoms. The number of aliphatic hydroxyl groups is 1. The Morgan fingerprint density at radius 1 is 1.02 bits per heavy atom. The molecule has 0 radical (unpaired) electrons. The Morgan fingerprint density at radius 2 is 1.74 bits per heavy atom. The molecule has 3 N–H and O–H groups in total. The minimum Gasteiger partial charge on any atom is -0.496 e. The molecule has 1 aliphatic rings. The molecule has 1 amide bonds. The van der Waals surface area contributed by atoms with Gasteiger partial charge in [-0.15, -0.1) is 0 Å². The fourth-order valence-corrected chi connectivity index (χ4v) is 6.10. The molecule has 3 aromatic rings.